The van der Waals surface area contributed by atoms with Crippen LogP contribution in [0.5, 0.6) is 0 Å². The molecule has 0 rings (SSSR count). The van der Waals surface area contributed by atoms with Gasteiger partial charge in [0.15, 0.2) is 18.8 Å². The quantitative estimate of drug-likeness (QED) is 0.274. The van der Waals surface area contributed by atoms with Crippen LogP contribution in [0.2, 0.25) is 0 Å². The van der Waals surface area contributed by atoms with E-state index in [1.54, 1.807) is 20.0 Å². The number of aliphatic carboxylic acids is 2. The molecular formula is C17H32NO5+. The molecule has 0 bridgehead atoms. The lowest BCUT2D eigenvalue weighted by atomic mass is 10.0. The van der Waals surface area contributed by atoms with Crippen LogP contribution in [0, 0.1) is 0 Å². The molecule has 0 fully saturated rings. The Balaban J connectivity index is 5.44. The van der Waals surface area contributed by atoms with Crippen molar-refractivity contribution in [2.75, 3.05) is 6.73 Å². The van der Waals surface area contributed by atoms with Gasteiger partial charge in [-0.3, -0.25) is 4.48 Å². The molecule has 3 N–H and O–H groups in total. The molecule has 0 aromatic rings. The summed E-state index contributed by atoms with van der Waals surface area (Å²) in [5.74, 6) is -2.17. The van der Waals surface area contributed by atoms with Crippen LogP contribution < -0.4 is 0 Å². The first-order valence-corrected chi connectivity index (χ1v) is 8.52. The molecule has 2 unspecified atom stereocenters. The topological polar surface area (TPSA) is 94.8 Å². The van der Waals surface area contributed by atoms with Gasteiger partial charge in [0, 0.05) is 12.8 Å². The van der Waals surface area contributed by atoms with Gasteiger partial charge in [0.25, 0.3) is 0 Å². The predicted octanol–water partition coefficient (Wildman–Crippen LogP) is 2.96. The van der Waals surface area contributed by atoms with Crippen LogP contribution in [0.1, 0.15) is 65.7 Å². The molecule has 23 heavy (non-hydrogen) atoms. The Labute approximate surface area is 139 Å². The van der Waals surface area contributed by atoms with E-state index in [9.17, 15) is 24.9 Å². The number of carboxylic acid groups (broad SMARTS) is 2. The fourth-order valence-corrected chi connectivity index (χ4v) is 3.07. The van der Waals surface area contributed by atoms with Gasteiger partial charge in [-0.05, 0) is 18.9 Å². The third-order valence-electron chi connectivity index (χ3n) is 4.36. The molecular weight excluding hydrogens is 298 g/mol. The van der Waals surface area contributed by atoms with E-state index < -0.39 is 35.2 Å². The number of unbranched alkanes of at least 4 members (excludes halogenated alkanes) is 4. The normalized spacial score (nSPS) is 16.9. The summed E-state index contributed by atoms with van der Waals surface area (Å²) < 4.78 is -0.453. The molecule has 0 aromatic carbocycles. The minimum atomic E-state index is -1.09. The average Bonchev–Trinajstić information content (AvgIpc) is 2.50. The van der Waals surface area contributed by atoms with E-state index in [2.05, 4.69) is 6.92 Å². The van der Waals surface area contributed by atoms with Gasteiger partial charge in [0.05, 0.1) is 6.20 Å². The van der Waals surface area contributed by atoms with Crippen LogP contribution in [0.25, 0.3) is 0 Å². The number of hydrogen-bond acceptors (Lipinski definition) is 3. The minimum Gasteiger partial charge on any atom is -0.477 e. The van der Waals surface area contributed by atoms with Crippen molar-refractivity contribution in [3.05, 3.63) is 12.3 Å². The first-order valence-electron chi connectivity index (χ1n) is 8.52. The highest BCUT2D eigenvalue weighted by molar-refractivity contribution is 5.75. The second-order valence-electron chi connectivity index (χ2n) is 5.90. The highest BCUT2D eigenvalue weighted by atomic mass is 16.4. The lowest BCUT2D eigenvalue weighted by Crippen LogP contribution is -2.63. The monoisotopic (exact) mass is 330 g/mol. The highest BCUT2D eigenvalue weighted by Crippen LogP contribution is 2.26. The van der Waals surface area contributed by atoms with E-state index in [1.807, 2.05) is 6.08 Å². The summed E-state index contributed by atoms with van der Waals surface area (Å²) in [5, 5.41) is 28.9. The lowest BCUT2D eigenvalue weighted by Gasteiger charge is -2.41. The Morgan fingerprint density at radius 3 is 1.83 bits per heavy atom. The predicted molar refractivity (Wildman–Crippen MR) is 88.7 cm³/mol. The zero-order chi connectivity index (χ0) is 17.9. The summed E-state index contributed by atoms with van der Waals surface area (Å²) in [6, 6.07) is -1.96. The summed E-state index contributed by atoms with van der Waals surface area (Å²) in [5.41, 5.74) is 0. The molecule has 0 aliphatic heterocycles. The number of carboxylic acids is 2. The Morgan fingerprint density at radius 1 is 0.957 bits per heavy atom. The molecule has 0 aliphatic carbocycles. The molecule has 0 radical (unpaired) electrons. The Bertz CT molecular complexity index is 372. The van der Waals surface area contributed by atoms with Gasteiger partial charge in [-0.15, -0.1) is 0 Å². The number of carbonyl (C=O) groups is 2. The average molecular weight is 330 g/mol. The smallest absolute Gasteiger partial charge is 0.363 e. The second kappa shape index (κ2) is 11.2. The molecule has 0 spiro atoms. The SMILES string of the molecule is CCCCCC/C=C\[N+](CO)(C(CC)C(=O)O)C(CC)C(=O)O. The molecule has 0 heterocycles. The maximum absolute atomic E-state index is 11.6. The molecule has 6 nitrogen and oxygen atoms in total. The van der Waals surface area contributed by atoms with Crippen LogP contribution in [0.15, 0.2) is 12.3 Å². The van der Waals surface area contributed by atoms with Crippen LogP contribution in [0.3, 0.4) is 0 Å². The van der Waals surface area contributed by atoms with Crippen molar-refractivity contribution in [1.82, 2.24) is 0 Å². The van der Waals surface area contributed by atoms with E-state index >= 15 is 0 Å². The third kappa shape index (κ3) is 5.95. The summed E-state index contributed by atoms with van der Waals surface area (Å²) in [4.78, 5) is 23.2. The zero-order valence-corrected chi connectivity index (χ0v) is 14.6. The number of rotatable bonds is 13. The van der Waals surface area contributed by atoms with Crippen LogP contribution >= 0.6 is 0 Å². The summed E-state index contributed by atoms with van der Waals surface area (Å²) >= 11 is 0. The molecule has 6 heteroatoms. The summed E-state index contributed by atoms with van der Waals surface area (Å²) in [6.45, 7) is 4.98. The fourth-order valence-electron chi connectivity index (χ4n) is 3.07. The first kappa shape index (κ1) is 21.6. The van der Waals surface area contributed by atoms with Crippen molar-refractivity contribution >= 4 is 11.9 Å². The fraction of sp³-hybridized carbons (Fsp3) is 0.765. The van der Waals surface area contributed by atoms with Gasteiger partial charge in [-0.1, -0.05) is 40.0 Å². The van der Waals surface area contributed by atoms with Crippen molar-refractivity contribution in [2.24, 2.45) is 0 Å². The van der Waals surface area contributed by atoms with Crippen LogP contribution in [-0.4, -0.2) is 50.6 Å². The van der Waals surface area contributed by atoms with Crippen LogP contribution in [0.4, 0.5) is 0 Å². The number of allylic oxidation sites excluding steroid dienone is 1. The number of nitrogens with zero attached hydrogens (tertiary/aromatic N) is 1. The third-order valence-corrected chi connectivity index (χ3v) is 4.36. The van der Waals surface area contributed by atoms with Crippen molar-refractivity contribution in [3.8, 4) is 0 Å². The Kier molecular flexibility index (Phi) is 10.5. The number of hydrogen-bond donors (Lipinski definition) is 3. The Hall–Kier alpha value is -1.40. The summed E-state index contributed by atoms with van der Waals surface area (Å²) in [6.07, 6.45) is 9.02. The molecule has 2 atom stereocenters. The van der Waals surface area contributed by atoms with Crippen molar-refractivity contribution in [1.29, 1.82) is 0 Å². The maximum Gasteiger partial charge on any atom is 0.363 e. The molecule has 0 aromatic heterocycles. The molecule has 0 aliphatic rings. The number of aliphatic hydroxyl groups excluding tert-OH is 1. The largest absolute Gasteiger partial charge is 0.477 e. The number of quaternary nitrogens is 1. The first-order chi connectivity index (χ1) is 10.9. The molecule has 0 saturated heterocycles. The van der Waals surface area contributed by atoms with E-state index in [1.165, 1.54) is 0 Å². The van der Waals surface area contributed by atoms with Crippen LogP contribution in [-0.2, 0) is 9.59 Å². The van der Waals surface area contributed by atoms with Gasteiger partial charge < -0.3 is 15.3 Å². The summed E-state index contributed by atoms with van der Waals surface area (Å²) in [7, 11) is 0. The zero-order valence-electron chi connectivity index (χ0n) is 14.6. The molecule has 134 valence electrons. The highest BCUT2D eigenvalue weighted by Gasteiger charge is 2.48. The van der Waals surface area contributed by atoms with Gasteiger partial charge in [-0.2, -0.15) is 0 Å². The van der Waals surface area contributed by atoms with E-state index in [0.29, 0.717) is 0 Å². The standard InChI is InChI=1S/C17H31NO5/c1-4-7-8-9-10-11-12-18(13-19,14(5-2)16(20)21)15(6-3)17(22)23/h11-12,14-15,19H,4-10,13H2,1-3H3,(H-,20,21,22,23)/p+1/b12-11-. The van der Waals surface area contributed by atoms with Crippen molar-refractivity contribution in [3.63, 3.8) is 0 Å². The maximum atomic E-state index is 11.6. The minimum absolute atomic E-state index is 0.250. The van der Waals surface area contributed by atoms with E-state index in [0.717, 1.165) is 32.1 Å². The molecule has 0 amide bonds. The van der Waals surface area contributed by atoms with E-state index in [4.69, 9.17) is 0 Å². The molecule has 0 saturated carbocycles. The van der Waals surface area contributed by atoms with E-state index in [-0.39, 0.29) is 12.8 Å². The van der Waals surface area contributed by atoms with Gasteiger partial charge in [0.2, 0.25) is 0 Å². The van der Waals surface area contributed by atoms with Crippen molar-refractivity contribution < 1.29 is 29.4 Å². The Morgan fingerprint density at radius 2 is 1.48 bits per heavy atom. The van der Waals surface area contributed by atoms with Crippen molar-refractivity contribution in [2.45, 2.75) is 77.8 Å². The lowest BCUT2D eigenvalue weighted by molar-refractivity contribution is -0.929. The van der Waals surface area contributed by atoms with Gasteiger partial charge in [-0.25, -0.2) is 9.59 Å². The second-order valence-corrected chi connectivity index (χ2v) is 5.90. The number of aliphatic hydroxyl groups is 1. The van der Waals surface area contributed by atoms with Gasteiger partial charge >= 0.3 is 11.9 Å². The van der Waals surface area contributed by atoms with Gasteiger partial charge in [0.1, 0.15) is 0 Å².